The van der Waals surface area contributed by atoms with Gasteiger partial charge in [0.1, 0.15) is 11.5 Å². The zero-order valence-corrected chi connectivity index (χ0v) is 15.8. The van der Waals surface area contributed by atoms with E-state index in [0.717, 1.165) is 37.4 Å². The molecule has 0 radical (unpaired) electrons. The van der Waals surface area contributed by atoms with Crippen LogP contribution in [0.2, 0.25) is 0 Å². The number of rotatable bonds is 6. The van der Waals surface area contributed by atoms with E-state index in [1.54, 1.807) is 38.5 Å². The lowest BCUT2D eigenvalue weighted by Gasteiger charge is -2.33. The van der Waals surface area contributed by atoms with Crippen LogP contribution in [0, 0.1) is 0 Å². The first-order valence-electron chi connectivity index (χ1n) is 8.57. The molecule has 3 rings (SSSR count). The summed E-state index contributed by atoms with van der Waals surface area (Å²) >= 11 is 0. The van der Waals surface area contributed by atoms with Gasteiger partial charge >= 0.3 is 0 Å². The normalized spacial score (nSPS) is 15.7. The van der Waals surface area contributed by atoms with Crippen molar-refractivity contribution < 1.29 is 17.9 Å². The van der Waals surface area contributed by atoms with Crippen molar-refractivity contribution in [3.8, 4) is 11.5 Å². The van der Waals surface area contributed by atoms with Gasteiger partial charge < -0.3 is 14.4 Å². The molecule has 0 aliphatic carbocycles. The summed E-state index contributed by atoms with van der Waals surface area (Å²) in [6.45, 7) is 1.62. The molecule has 0 unspecified atom stereocenters. The summed E-state index contributed by atoms with van der Waals surface area (Å²) in [4.78, 5) is 2.52. The number of piperidine rings is 1. The molecule has 2 aromatic carbocycles. The monoisotopic (exact) mass is 376 g/mol. The molecule has 0 amide bonds. The topological polar surface area (TPSA) is 67.9 Å². The van der Waals surface area contributed by atoms with Crippen LogP contribution < -0.4 is 19.1 Å². The number of methoxy groups -OCH3 is 2. The molecule has 1 fully saturated rings. The van der Waals surface area contributed by atoms with Crippen molar-refractivity contribution in [2.75, 3.05) is 32.2 Å². The summed E-state index contributed by atoms with van der Waals surface area (Å²) in [5.41, 5.74) is 1.13. The summed E-state index contributed by atoms with van der Waals surface area (Å²) in [7, 11) is -0.314. The SMILES string of the molecule is COc1ccc(N2CCC(NS(=O)(=O)c3ccc(OC)cc3)CC2)cc1. The molecule has 0 aromatic heterocycles. The molecule has 1 aliphatic heterocycles. The Kier molecular flexibility index (Phi) is 5.68. The van der Waals surface area contributed by atoms with Gasteiger partial charge in [0.25, 0.3) is 0 Å². The van der Waals surface area contributed by atoms with Gasteiger partial charge in [-0.15, -0.1) is 0 Å². The van der Waals surface area contributed by atoms with Gasteiger partial charge in [0, 0.05) is 24.8 Å². The van der Waals surface area contributed by atoms with Crippen molar-refractivity contribution in [3.05, 3.63) is 48.5 Å². The number of benzene rings is 2. The smallest absolute Gasteiger partial charge is 0.240 e. The minimum Gasteiger partial charge on any atom is -0.497 e. The molecule has 1 aliphatic rings. The summed E-state index contributed by atoms with van der Waals surface area (Å²) < 4.78 is 38.2. The van der Waals surface area contributed by atoms with Gasteiger partial charge in [-0.25, -0.2) is 13.1 Å². The Morgan fingerprint density at radius 1 is 0.885 bits per heavy atom. The first kappa shape index (κ1) is 18.5. The lowest BCUT2D eigenvalue weighted by atomic mass is 10.1. The second-order valence-corrected chi connectivity index (χ2v) is 7.97. The van der Waals surface area contributed by atoms with Crippen LogP contribution in [0.3, 0.4) is 0 Å². The van der Waals surface area contributed by atoms with Gasteiger partial charge in [-0.3, -0.25) is 0 Å². The van der Waals surface area contributed by atoms with Crippen LogP contribution in [0.4, 0.5) is 5.69 Å². The molecule has 7 heteroatoms. The fourth-order valence-corrected chi connectivity index (χ4v) is 4.40. The maximum Gasteiger partial charge on any atom is 0.240 e. The molecule has 0 bridgehead atoms. The van der Waals surface area contributed by atoms with E-state index in [-0.39, 0.29) is 10.9 Å². The Hall–Kier alpha value is -2.25. The molecule has 140 valence electrons. The van der Waals surface area contributed by atoms with E-state index in [2.05, 4.69) is 9.62 Å². The molecular formula is C19H24N2O4S. The molecule has 1 heterocycles. The number of anilines is 1. The zero-order valence-electron chi connectivity index (χ0n) is 15.0. The number of ether oxygens (including phenoxy) is 2. The van der Waals surface area contributed by atoms with E-state index in [1.807, 2.05) is 24.3 Å². The second-order valence-electron chi connectivity index (χ2n) is 6.26. The molecule has 0 saturated carbocycles. The van der Waals surface area contributed by atoms with Gasteiger partial charge in [0.15, 0.2) is 0 Å². The van der Waals surface area contributed by atoms with Crippen molar-refractivity contribution in [1.82, 2.24) is 4.72 Å². The molecular weight excluding hydrogens is 352 g/mol. The Morgan fingerprint density at radius 2 is 1.38 bits per heavy atom. The minimum absolute atomic E-state index is 0.0587. The van der Waals surface area contributed by atoms with Gasteiger partial charge in [-0.1, -0.05) is 0 Å². The second kappa shape index (κ2) is 7.97. The van der Waals surface area contributed by atoms with Gasteiger partial charge in [0.2, 0.25) is 10.0 Å². The van der Waals surface area contributed by atoms with Crippen LogP contribution in [-0.2, 0) is 10.0 Å². The predicted octanol–water partition coefficient (Wildman–Crippen LogP) is 2.65. The molecule has 2 aromatic rings. The third-order valence-corrected chi connectivity index (χ3v) is 6.16. The third-order valence-electron chi connectivity index (χ3n) is 4.62. The van der Waals surface area contributed by atoms with Crippen LogP contribution in [-0.4, -0.2) is 41.8 Å². The van der Waals surface area contributed by atoms with Crippen LogP contribution in [0.25, 0.3) is 0 Å². The van der Waals surface area contributed by atoms with Gasteiger partial charge in [0.05, 0.1) is 19.1 Å². The highest BCUT2D eigenvalue weighted by atomic mass is 32.2. The Morgan fingerprint density at radius 3 is 1.88 bits per heavy atom. The number of sulfonamides is 1. The molecule has 6 nitrogen and oxygen atoms in total. The lowest BCUT2D eigenvalue weighted by Crippen LogP contribution is -2.44. The average Bonchev–Trinajstić information content (AvgIpc) is 2.68. The van der Waals surface area contributed by atoms with Gasteiger partial charge in [-0.2, -0.15) is 0 Å². The fraction of sp³-hybridized carbons (Fsp3) is 0.368. The summed E-state index contributed by atoms with van der Waals surface area (Å²) in [5.74, 6) is 1.47. The van der Waals surface area contributed by atoms with E-state index < -0.39 is 10.0 Å². The first-order valence-corrected chi connectivity index (χ1v) is 10.1. The molecule has 0 spiro atoms. The van der Waals surface area contributed by atoms with Crippen LogP contribution >= 0.6 is 0 Å². The summed E-state index contributed by atoms with van der Waals surface area (Å²) in [6, 6.07) is 14.3. The highest BCUT2D eigenvalue weighted by molar-refractivity contribution is 7.89. The zero-order chi connectivity index (χ0) is 18.6. The maximum absolute atomic E-state index is 12.5. The first-order chi connectivity index (χ1) is 12.5. The Labute approximate surface area is 154 Å². The van der Waals surface area contributed by atoms with Crippen LogP contribution in [0.1, 0.15) is 12.8 Å². The largest absolute Gasteiger partial charge is 0.497 e. The van der Waals surface area contributed by atoms with Crippen molar-refractivity contribution in [1.29, 1.82) is 0 Å². The van der Waals surface area contributed by atoms with E-state index in [1.165, 1.54) is 0 Å². The molecule has 1 N–H and O–H groups in total. The molecule has 26 heavy (non-hydrogen) atoms. The number of hydrogen-bond acceptors (Lipinski definition) is 5. The molecule has 0 atom stereocenters. The Balaban J connectivity index is 1.58. The standard InChI is InChI=1S/C19H24N2O4S/c1-24-17-5-3-16(4-6-17)21-13-11-15(12-14-21)20-26(22,23)19-9-7-18(25-2)8-10-19/h3-10,15,20H,11-14H2,1-2H3. The highest BCUT2D eigenvalue weighted by Crippen LogP contribution is 2.24. The summed E-state index contributed by atoms with van der Waals surface area (Å²) in [6.07, 6.45) is 1.53. The van der Waals surface area contributed by atoms with Crippen molar-refractivity contribution in [2.24, 2.45) is 0 Å². The van der Waals surface area contributed by atoms with Crippen LogP contribution in [0.5, 0.6) is 11.5 Å². The highest BCUT2D eigenvalue weighted by Gasteiger charge is 2.24. The third kappa shape index (κ3) is 4.28. The van der Waals surface area contributed by atoms with Crippen LogP contribution in [0.15, 0.2) is 53.4 Å². The lowest BCUT2D eigenvalue weighted by molar-refractivity contribution is 0.414. The quantitative estimate of drug-likeness (QED) is 0.839. The van der Waals surface area contributed by atoms with Crippen molar-refractivity contribution >= 4 is 15.7 Å². The van der Waals surface area contributed by atoms with E-state index >= 15 is 0 Å². The van der Waals surface area contributed by atoms with Gasteiger partial charge in [-0.05, 0) is 61.4 Å². The van der Waals surface area contributed by atoms with E-state index in [0.29, 0.717) is 5.75 Å². The minimum atomic E-state index is -3.52. The Bertz CT molecular complexity index is 812. The molecule has 1 saturated heterocycles. The fourth-order valence-electron chi connectivity index (χ4n) is 3.09. The summed E-state index contributed by atoms with van der Waals surface area (Å²) in [5, 5.41) is 0. The van der Waals surface area contributed by atoms with Crippen molar-refractivity contribution in [3.63, 3.8) is 0 Å². The predicted molar refractivity (Wildman–Crippen MR) is 102 cm³/mol. The van der Waals surface area contributed by atoms with E-state index in [9.17, 15) is 8.42 Å². The number of hydrogen-bond donors (Lipinski definition) is 1. The number of nitrogens with one attached hydrogen (secondary N) is 1. The maximum atomic E-state index is 12.5. The van der Waals surface area contributed by atoms with Crippen molar-refractivity contribution in [2.45, 2.75) is 23.8 Å². The average molecular weight is 376 g/mol. The van der Waals surface area contributed by atoms with E-state index in [4.69, 9.17) is 9.47 Å². The number of nitrogens with zero attached hydrogens (tertiary/aromatic N) is 1.